The molecule has 4 aromatic carbocycles. The maximum Gasteiger partial charge on any atom is 0.416 e. The van der Waals surface area contributed by atoms with Gasteiger partial charge >= 0.3 is 6.18 Å². The van der Waals surface area contributed by atoms with Crippen LogP contribution in [0.3, 0.4) is 0 Å². The number of alkyl halides is 3. The Morgan fingerprint density at radius 3 is 2.47 bits per heavy atom. The summed E-state index contributed by atoms with van der Waals surface area (Å²) in [5.41, 5.74) is -7.98. The molecule has 1 atom stereocenters. The third-order valence-electron chi connectivity index (χ3n) is 7.59. The van der Waals surface area contributed by atoms with Gasteiger partial charge in [-0.15, -0.1) is 11.8 Å². The van der Waals surface area contributed by atoms with E-state index in [-0.39, 0.29) is 32.1 Å². The summed E-state index contributed by atoms with van der Waals surface area (Å²) < 4.78 is 268. The van der Waals surface area contributed by atoms with Crippen molar-refractivity contribution >= 4 is 23.4 Å². The number of halogens is 5. The molecule has 4 aromatic rings. The first-order valence-electron chi connectivity index (χ1n) is 26.3. The number of fused-ring (bicyclic) bond motifs is 1. The zero-order valence-electron chi connectivity index (χ0n) is 49.2. The predicted octanol–water partition coefficient (Wildman–Crippen LogP) is 8.73. The van der Waals surface area contributed by atoms with Crippen LogP contribution in [0.5, 0.6) is 0 Å². The molecule has 12 heteroatoms. The zero-order valence-corrected chi connectivity index (χ0v) is 28.1. The normalized spacial score (nSPS) is 28.4. The van der Waals surface area contributed by atoms with Gasteiger partial charge in [0.2, 0.25) is 5.91 Å². The van der Waals surface area contributed by atoms with Crippen LogP contribution in [-0.2, 0) is 28.0 Å². The molecule has 1 saturated heterocycles. The van der Waals surface area contributed by atoms with Gasteiger partial charge in [-0.2, -0.15) is 13.2 Å². The van der Waals surface area contributed by atoms with E-state index in [1.807, 2.05) is 0 Å². The number of rotatable bonds is 12. The number of thioether (sulfide) groups is 1. The fraction of sp³-hybridized carbons (Fsp3) is 0.341. The number of anilines is 1. The van der Waals surface area contributed by atoms with Gasteiger partial charge in [0, 0.05) is 75.4 Å². The number of carbonyl (C=O) groups is 1. The Hall–Kier alpha value is -4.23. The molecule has 6 nitrogen and oxygen atoms in total. The summed E-state index contributed by atoms with van der Waals surface area (Å²) in [6, 6.07) is 1.55. The lowest BCUT2D eigenvalue weighted by atomic mass is 9.99. The number of aliphatic hydroxyl groups is 1. The summed E-state index contributed by atoms with van der Waals surface area (Å²) in [5.74, 6) is -5.84. The van der Waals surface area contributed by atoms with E-state index in [9.17, 15) is 32.3 Å². The van der Waals surface area contributed by atoms with Gasteiger partial charge in [-0.3, -0.25) is 4.79 Å². The smallest absolute Gasteiger partial charge is 0.384 e. The molecule has 0 saturated carbocycles. The minimum Gasteiger partial charge on any atom is -0.384 e. The fourth-order valence-electron chi connectivity index (χ4n) is 4.97. The number of nitrogens with zero attached hydrogens (tertiary/aromatic N) is 3. The highest BCUT2D eigenvalue weighted by molar-refractivity contribution is 8.02. The van der Waals surface area contributed by atoms with Crippen LogP contribution in [0.25, 0.3) is 11.1 Å². The van der Waals surface area contributed by atoms with Crippen molar-refractivity contribution in [2.45, 2.75) is 50.2 Å². The van der Waals surface area contributed by atoms with Crippen LogP contribution in [0, 0.1) is 18.6 Å². The zero-order chi connectivity index (χ0) is 57.2. The third kappa shape index (κ3) is 9.29. The molecular weight excluding hydrogens is 710 g/mol. The van der Waals surface area contributed by atoms with Crippen LogP contribution in [0.1, 0.15) is 76.8 Å². The number of ether oxygens (including phenoxy) is 1. The highest BCUT2D eigenvalue weighted by Crippen LogP contribution is 2.41. The first-order chi connectivity index (χ1) is 33.8. The number of hydrogen-bond donors (Lipinski definition) is 1. The SMILES string of the molecule is [2H]C1=C(SC([2H])([2H])c2cccc(F)c2F)N(C([2H])([2H])C(=O)N(Cc2ccc(-c3ccc(C(F)(F)F)cc3)cc2)C2([2H])C([2H])([2H])C([2H])([2H])N(CC([2H])([2H])OC([2H])([2H])[2H])C([2H])([2H])C2([2H])[2H])c2c([2H])c([2H])c(C)c([2H])c2C1O. The van der Waals surface area contributed by atoms with Gasteiger partial charge < -0.3 is 24.5 Å². The van der Waals surface area contributed by atoms with E-state index >= 15 is 9.18 Å². The van der Waals surface area contributed by atoms with Gasteiger partial charge in [-0.05, 0) is 66.7 Å². The Labute approximate surface area is 341 Å². The lowest BCUT2D eigenvalue weighted by molar-refractivity contribution is -0.137. The van der Waals surface area contributed by atoms with Gasteiger partial charge in [-0.25, -0.2) is 8.78 Å². The van der Waals surface area contributed by atoms with Crippen LogP contribution in [0.2, 0.25) is 0 Å². The molecule has 280 valence electrons. The number of methoxy groups -OCH3 is 1. The Kier molecular flexibility index (Phi) is 6.16. The lowest BCUT2D eigenvalue weighted by Gasteiger charge is -2.40. The van der Waals surface area contributed by atoms with Gasteiger partial charge in [0.05, 0.1) is 33.6 Å². The van der Waals surface area contributed by atoms with Gasteiger partial charge in [0.1, 0.15) is 12.6 Å². The molecule has 1 unspecified atom stereocenters. The number of benzene rings is 4. The number of piperidine rings is 1. The van der Waals surface area contributed by atoms with E-state index in [4.69, 9.17) is 20.6 Å². The molecule has 2 aliphatic heterocycles. The maximum absolute atomic E-state index is 15.7. The summed E-state index contributed by atoms with van der Waals surface area (Å²) in [6.45, 7) is -18.8. The van der Waals surface area contributed by atoms with E-state index in [0.717, 1.165) is 55.5 Å². The van der Waals surface area contributed by atoms with Crippen molar-refractivity contribution in [3.8, 4) is 11.1 Å². The third-order valence-corrected chi connectivity index (χ3v) is 8.41. The van der Waals surface area contributed by atoms with Gasteiger partial charge in [0.15, 0.2) is 11.6 Å². The first-order valence-corrected chi connectivity index (χ1v) is 16.2. The highest BCUT2D eigenvalue weighted by atomic mass is 32.2. The van der Waals surface area contributed by atoms with Crippen molar-refractivity contribution < 1.29 is 66.7 Å². The van der Waals surface area contributed by atoms with Gasteiger partial charge in [-0.1, -0.05) is 66.2 Å². The second kappa shape index (κ2) is 16.8. The quantitative estimate of drug-likeness (QED) is 0.146. The Bertz CT molecular complexity index is 2900. The first kappa shape index (κ1) is 19.4. The van der Waals surface area contributed by atoms with Crippen molar-refractivity contribution in [1.29, 1.82) is 0 Å². The second-order valence-corrected chi connectivity index (χ2v) is 12.0. The lowest BCUT2D eigenvalue weighted by Crippen LogP contribution is -2.50. The Morgan fingerprint density at radius 2 is 1.79 bits per heavy atom. The van der Waals surface area contributed by atoms with E-state index in [2.05, 4.69) is 4.74 Å². The standard InChI is InChI=1S/C41H42F5N3O3S/c1-27-6-15-36-34(22-27)37(50)23-39(53-26-31-4-3-5-35(42)40(31)43)49(36)25-38(51)48(33-16-18-47(19-17-33)20-21-52-2)24-28-7-9-29(10-8-28)30-11-13-32(14-12-30)41(44,45)46/h3-15,22-23,33,37,50H,16-21,24-26H2,1-2H3/i2D3,6D,15D,16D2,17D2,18D2,19D2,21D2,22D,23D,25D2,26D2,33D. The summed E-state index contributed by atoms with van der Waals surface area (Å²) in [5, 5.41) is 10.3. The maximum atomic E-state index is 15.7. The molecule has 1 fully saturated rings. The van der Waals surface area contributed by atoms with Crippen molar-refractivity contribution in [2.75, 3.05) is 44.5 Å². The molecule has 2 aliphatic rings. The van der Waals surface area contributed by atoms with Crippen LogP contribution in [0.15, 0.2) is 95.9 Å². The predicted molar refractivity (Wildman–Crippen MR) is 198 cm³/mol. The van der Waals surface area contributed by atoms with Crippen LogP contribution in [0.4, 0.5) is 27.6 Å². The number of amides is 1. The molecule has 2 heterocycles. The van der Waals surface area contributed by atoms with E-state index < -0.39 is 169 Å². The minimum absolute atomic E-state index is 0.0639. The average molecular weight is 774 g/mol. The molecule has 0 aliphatic carbocycles. The largest absolute Gasteiger partial charge is 0.416 e. The Balaban J connectivity index is 1.64. The number of carbonyl (C=O) groups excluding carboxylic acids is 1. The van der Waals surface area contributed by atoms with Crippen molar-refractivity contribution in [3.05, 3.63) is 135 Å². The van der Waals surface area contributed by atoms with Crippen LogP contribution < -0.4 is 4.90 Å². The molecule has 0 spiro atoms. The molecule has 6 rings (SSSR count). The summed E-state index contributed by atoms with van der Waals surface area (Å²) in [6.07, 6.45) is -16.1. The Morgan fingerprint density at radius 1 is 1.09 bits per heavy atom. The van der Waals surface area contributed by atoms with E-state index in [0.29, 0.717) is 6.07 Å². The molecule has 0 bridgehead atoms. The van der Waals surface area contributed by atoms with Crippen LogP contribution in [-0.4, -0.2) is 66.5 Å². The van der Waals surface area contributed by atoms with Crippen LogP contribution >= 0.6 is 11.8 Å². The van der Waals surface area contributed by atoms with Crippen molar-refractivity contribution in [3.63, 3.8) is 0 Å². The minimum atomic E-state index is -4.73. The molecule has 0 radical (unpaired) electrons. The fourth-order valence-corrected chi connectivity index (χ4v) is 5.73. The monoisotopic (exact) mass is 773 g/mol. The highest BCUT2D eigenvalue weighted by Gasteiger charge is 2.33. The summed E-state index contributed by atoms with van der Waals surface area (Å²) in [4.78, 5) is 14.8. The van der Waals surface area contributed by atoms with Crippen molar-refractivity contribution in [1.82, 2.24) is 9.80 Å². The van der Waals surface area contributed by atoms with E-state index in [1.54, 1.807) is 0 Å². The number of likely N-dealkylation sites (tertiary alicyclic amines) is 1. The molecule has 1 amide bonds. The summed E-state index contributed by atoms with van der Waals surface area (Å²) in [7, 11) is -3.62. The average Bonchev–Trinajstić information content (AvgIpc) is 3.28. The number of hydrogen-bond acceptors (Lipinski definition) is 6. The van der Waals surface area contributed by atoms with E-state index in [1.165, 1.54) is 12.1 Å². The molecular formula is C41H42F5N3O3S. The second-order valence-electron chi connectivity index (χ2n) is 11.2. The summed E-state index contributed by atoms with van der Waals surface area (Å²) >= 11 is -0.392. The number of aliphatic hydroxyl groups excluding tert-OH is 1. The topological polar surface area (TPSA) is 56.3 Å². The molecule has 53 heavy (non-hydrogen) atoms. The molecule has 1 N–H and O–H groups in total. The van der Waals surface area contributed by atoms with Crippen molar-refractivity contribution in [2.24, 2.45) is 0 Å². The van der Waals surface area contributed by atoms with Gasteiger partial charge in [0.25, 0.3) is 0 Å². The molecule has 0 aromatic heterocycles.